The Balaban J connectivity index is 2.00. The molecule has 0 radical (unpaired) electrons. The van der Waals surface area contributed by atoms with E-state index in [0.717, 1.165) is 30.6 Å². The van der Waals surface area contributed by atoms with Crippen molar-refractivity contribution < 1.29 is 19.4 Å². The Morgan fingerprint density at radius 3 is 2.82 bits per heavy atom. The smallest absolute Gasteiger partial charge is 0.320 e. The van der Waals surface area contributed by atoms with Gasteiger partial charge in [-0.2, -0.15) is 0 Å². The lowest BCUT2D eigenvalue weighted by Crippen LogP contribution is -2.47. The molecule has 2 atom stereocenters. The Hall–Kier alpha value is -2.60. The summed E-state index contributed by atoms with van der Waals surface area (Å²) >= 11 is 0. The molecule has 1 aromatic carbocycles. The molecule has 6 heteroatoms. The third-order valence-corrected chi connectivity index (χ3v) is 5.23. The predicted octanol–water partition coefficient (Wildman–Crippen LogP) is 3.71. The maximum absolute atomic E-state index is 11.9. The van der Waals surface area contributed by atoms with E-state index in [1.807, 2.05) is 43.3 Å². The van der Waals surface area contributed by atoms with Crippen LogP contribution in [0.3, 0.4) is 0 Å². The molecule has 2 heterocycles. The van der Waals surface area contributed by atoms with Gasteiger partial charge < -0.3 is 14.6 Å². The van der Waals surface area contributed by atoms with E-state index < -0.39 is 12.0 Å². The van der Waals surface area contributed by atoms with E-state index in [1.165, 1.54) is 0 Å². The molecular weight excluding hydrogens is 356 g/mol. The largest absolute Gasteiger partial charge is 0.493 e. The summed E-state index contributed by atoms with van der Waals surface area (Å²) in [5, 5.41) is 9.79. The van der Waals surface area contributed by atoms with Crippen LogP contribution in [0, 0.1) is 0 Å². The number of likely N-dealkylation sites (tertiary alicyclic amines) is 1. The lowest BCUT2D eigenvalue weighted by molar-refractivity contribution is -0.146. The number of hydrogen-bond donors (Lipinski definition) is 1. The molecule has 0 aliphatic carbocycles. The van der Waals surface area contributed by atoms with Gasteiger partial charge in [0.2, 0.25) is 0 Å². The third kappa shape index (κ3) is 4.62. The molecule has 2 aromatic rings. The van der Waals surface area contributed by atoms with Crippen LogP contribution in [-0.2, 0) is 11.2 Å². The van der Waals surface area contributed by atoms with Crippen molar-refractivity contribution in [3.05, 3.63) is 53.9 Å². The van der Waals surface area contributed by atoms with Gasteiger partial charge >= 0.3 is 5.97 Å². The van der Waals surface area contributed by atoms with Crippen LogP contribution in [0.5, 0.6) is 11.5 Å². The number of ether oxygens (including phenoxy) is 2. The highest BCUT2D eigenvalue weighted by molar-refractivity contribution is 5.73. The van der Waals surface area contributed by atoms with Crippen LogP contribution in [0.1, 0.15) is 43.5 Å². The fraction of sp³-hybridized carbons (Fsp3) is 0.455. The molecule has 6 nitrogen and oxygen atoms in total. The number of carboxylic acid groups (broad SMARTS) is 1. The van der Waals surface area contributed by atoms with Crippen molar-refractivity contribution in [3.63, 3.8) is 0 Å². The molecule has 3 rings (SSSR count). The molecule has 0 spiro atoms. The van der Waals surface area contributed by atoms with Crippen molar-refractivity contribution in [1.82, 2.24) is 9.88 Å². The molecular formula is C22H28N2O4. The minimum absolute atomic E-state index is 0.0959. The number of aliphatic carboxylic acids is 1. The average molecular weight is 384 g/mol. The van der Waals surface area contributed by atoms with Crippen molar-refractivity contribution in [2.45, 2.75) is 44.7 Å². The van der Waals surface area contributed by atoms with Gasteiger partial charge in [0.05, 0.1) is 13.7 Å². The summed E-state index contributed by atoms with van der Waals surface area (Å²) in [7, 11) is 1.62. The summed E-state index contributed by atoms with van der Waals surface area (Å²) in [5.74, 6) is 0.595. The minimum Gasteiger partial charge on any atom is -0.493 e. The Morgan fingerprint density at radius 1 is 1.29 bits per heavy atom. The molecule has 1 aromatic heterocycles. The summed E-state index contributed by atoms with van der Waals surface area (Å²) in [5.41, 5.74) is 1.96. The van der Waals surface area contributed by atoms with Gasteiger partial charge in [-0.1, -0.05) is 18.6 Å². The maximum atomic E-state index is 11.9. The lowest BCUT2D eigenvalue weighted by atomic mass is 9.93. The van der Waals surface area contributed by atoms with E-state index in [2.05, 4.69) is 9.88 Å². The first-order chi connectivity index (χ1) is 13.6. The van der Waals surface area contributed by atoms with E-state index >= 15 is 0 Å². The van der Waals surface area contributed by atoms with Crippen molar-refractivity contribution in [1.29, 1.82) is 0 Å². The summed E-state index contributed by atoms with van der Waals surface area (Å²) in [6, 6.07) is 11.1. The second kappa shape index (κ2) is 9.55. The molecule has 0 saturated carbocycles. The Labute approximate surface area is 166 Å². The summed E-state index contributed by atoms with van der Waals surface area (Å²) in [6.45, 7) is 3.22. The van der Waals surface area contributed by atoms with Crippen LogP contribution in [0.15, 0.2) is 42.6 Å². The van der Waals surface area contributed by atoms with E-state index in [0.29, 0.717) is 30.9 Å². The van der Waals surface area contributed by atoms with Crippen molar-refractivity contribution in [2.24, 2.45) is 0 Å². The van der Waals surface area contributed by atoms with Crippen LogP contribution in [0.4, 0.5) is 0 Å². The number of carbonyl (C=O) groups is 1. The summed E-state index contributed by atoms with van der Waals surface area (Å²) in [4.78, 5) is 18.5. The number of methoxy groups -OCH3 is 1. The number of rotatable bonds is 8. The standard InChI is InChI=1S/C22H28N2O4/c1-3-28-21-14-16(10-11-20(21)27-2)19(15-17-8-4-6-12-23-17)24-13-7-5-9-18(24)22(25)26/h4,6,8,10-12,14,18-19H,3,5,7,9,13,15H2,1-2H3,(H,25,26). The highest BCUT2D eigenvalue weighted by atomic mass is 16.5. The molecule has 0 bridgehead atoms. The second-order valence-electron chi connectivity index (χ2n) is 6.97. The highest BCUT2D eigenvalue weighted by Gasteiger charge is 2.34. The minimum atomic E-state index is -0.760. The van der Waals surface area contributed by atoms with Crippen LogP contribution < -0.4 is 9.47 Å². The van der Waals surface area contributed by atoms with Gasteiger partial charge in [-0.05, 0) is 56.1 Å². The van der Waals surface area contributed by atoms with E-state index in [4.69, 9.17) is 9.47 Å². The normalized spacial score (nSPS) is 18.4. The van der Waals surface area contributed by atoms with Gasteiger partial charge in [0.25, 0.3) is 0 Å². The first-order valence-electron chi connectivity index (χ1n) is 9.83. The predicted molar refractivity (Wildman–Crippen MR) is 107 cm³/mol. The van der Waals surface area contributed by atoms with Gasteiger partial charge in [-0.15, -0.1) is 0 Å². The lowest BCUT2D eigenvalue weighted by Gasteiger charge is -2.39. The number of benzene rings is 1. The van der Waals surface area contributed by atoms with E-state index in [-0.39, 0.29) is 6.04 Å². The maximum Gasteiger partial charge on any atom is 0.320 e. The van der Waals surface area contributed by atoms with E-state index in [9.17, 15) is 9.90 Å². The fourth-order valence-corrected chi connectivity index (χ4v) is 3.90. The zero-order valence-corrected chi connectivity index (χ0v) is 16.5. The Morgan fingerprint density at radius 2 is 2.14 bits per heavy atom. The first-order valence-corrected chi connectivity index (χ1v) is 9.83. The van der Waals surface area contributed by atoms with Crippen molar-refractivity contribution >= 4 is 5.97 Å². The van der Waals surface area contributed by atoms with Gasteiger partial charge in [-0.3, -0.25) is 14.7 Å². The number of hydrogen-bond acceptors (Lipinski definition) is 5. The molecule has 150 valence electrons. The third-order valence-electron chi connectivity index (χ3n) is 5.23. The van der Waals surface area contributed by atoms with Crippen molar-refractivity contribution in [3.8, 4) is 11.5 Å². The molecule has 2 unspecified atom stereocenters. The Kier molecular flexibility index (Phi) is 6.87. The number of pyridine rings is 1. The first kappa shape index (κ1) is 20.1. The molecule has 1 aliphatic heterocycles. The quantitative estimate of drug-likeness (QED) is 0.748. The van der Waals surface area contributed by atoms with Crippen LogP contribution >= 0.6 is 0 Å². The van der Waals surface area contributed by atoms with Crippen molar-refractivity contribution in [2.75, 3.05) is 20.3 Å². The zero-order chi connectivity index (χ0) is 19.9. The van der Waals surface area contributed by atoms with Gasteiger partial charge in [0.1, 0.15) is 6.04 Å². The SMILES string of the molecule is CCOc1cc(C(Cc2ccccn2)N2CCCCC2C(=O)O)ccc1OC. The van der Waals surface area contributed by atoms with Crippen LogP contribution in [0.2, 0.25) is 0 Å². The second-order valence-corrected chi connectivity index (χ2v) is 6.97. The number of carboxylic acids is 1. The number of piperidine rings is 1. The summed E-state index contributed by atoms with van der Waals surface area (Å²) in [6.07, 6.45) is 5.02. The average Bonchev–Trinajstić information content (AvgIpc) is 2.73. The highest BCUT2D eigenvalue weighted by Crippen LogP contribution is 2.36. The molecule has 1 N–H and O–H groups in total. The fourth-order valence-electron chi connectivity index (χ4n) is 3.90. The molecule has 0 amide bonds. The van der Waals surface area contributed by atoms with Crippen LogP contribution in [0.25, 0.3) is 0 Å². The molecule has 28 heavy (non-hydrogen) atoms. The zero-order valence-electron chi connectivity index (χ0n) is 16.5. The van der Waals surface area contributed by atoms with E-state index in [1.54, 1.807) is 13.3 Å². The summed E-state index contributed by atoms with van der Waals surface area (Å²) < 4.78 is 11.2. The molecule has 1 fully saturated rings. The van der Waals surface area contributed by atoms with Gasteiger partial charge in [0.15, 0.2) is 11.5 Å². The topological polar surface area (TPSA) is 71.9 Å². The monoisotopic (exact) mass is 384 g/mol. The van der Waals surface area contributed by atoms with Gasteiger partial charge in [0, 0.05) is 24.4 Å². The Bertz CT molecular complexity index is 781. The number of nitrogens with zero attached hydrogens (tertiary/aromatic N) is 2. The number of aromatic nitrogens is 1. The van der Waals surface area contributed by atoms with Crippen LogP contribution in [-0.4, -0.2) is 47.3 Å². The molecule has 1 saturated heterocycles. The van der Waals surface area contributed by atoms with Gasteiger partial charge in [-0.25, -0.2) is 0 Å². The molecule has 1 aliphatic rings.